The normalized spacial score (nSPS) is 11.6. The van der Waals surface area contributed by atoms with Gasteiger partial charge in [0.2, 0.25) is 10.0 Å². The topological polar surface area (TPSA) is 98.5 Å². The molecule has 0 radical (unpaired) electrons. The molecule has 1 N–H and O–H groups in total. The lowest BCUT2D eigenvalue weighted by Gasteiger charge is -2.09. The molecule has 4 rings (SSSR count). The molecule has 0 aliphatic carbocycles. The Morgan fingerprint density at radius 2 is 1.90 bits per heavy atom. The summed E-state index contributed by atoms with van der Waals surface area (Å²) in [4.78, 5) is 8.39. The van der Waals surface area contributed by atoms with Crippen molar-refractivity contribution < 1.29 is 13.2 Å². The van der Waals surface area contributed by atoms with Crippen LogP contribution in [-0.4, -0.2) is 34.5 Å². The van der Waals surface area contributed by atoms with E-state index in [-0.39, 0.29) is 4.90 Å². The van der Waals surface area contributed by atoms with Gasteiger partial charge in [-0.1, -0.05) is 12.1 Å². The fourth-order valence-corrected chi connectivity index (χ4v) is 4.05. The molecular weight excluding hydrogens is 402 g/mol. The van der Waals surface area contributed by atoms with Crippen LogP contribution in [0.4, 0.5) is 0 Å². The Bertz CT molecular complexity index is 1250. The Morgan fingerprint density at radius 1 is 1.07 bits per heavy atom. The summed E-state index contributed by atoms with van der Waals surface area (Å²) in [6, 6.07) is 14.0. The maximum absolute atomic E-state index is 12.5. The van der Waals surface area contributed by atoms with Gasteiger partial charge < -0.3 is 4.74 Å². The molecule has 0 atom stereocenters. The van der Waals surface area contributed by atoms with Crippen LogP contribution in [0.5, 0.6) is 11.5 Å². The number of nitrogens with one attached hydrogen (secondary N) is 1. The van der Waals surface area contributed by atoms with Gasteiger partial charge in [0.05, 0.1) is 4.90 Å². The largest absolute Gasteiger partial charge is 0.457 e. The highest BCUT2D eigenvalue weighted by molar-refractivity contribution is 7.89. The summed E-state index contributed by atoms with van der Waals surface area (Å²) in [6.45, 7) is 2.30. The van der Waals surface area contributed by atoms with Crippen molar-refractivity contribution >= 4 is 15.8 Å². The molecule has 2 aromatic carbocycles. The number of nitrogens with zero attached hydrogens (tertiary/aromatic N) is 4. The summed E-state index contributed by atoms with van der Waals surface area (Å²) in [7, 11) is -3.59. The average Bonchev–Trinajstić information content (AvgIpc) is 3.20. The molecule has 0 amide bonds. The molecule has 4 aromatic rings. The molecule has 30 heavy (non-hydrogen) atoms. The molecule has 0 aliphatic heterocycles. The number of aromatic nitrogens is 4. The molecule has 0 unspecified atom stereocenters. The predicted molar refractivity (Wildman–Crippen MR) is 112 cm³/mol. The van der Waals surface area contributed by atoms with E-state index in [1.165, 1.54) is 18.5 Å². The highest BCUT2D eigenvalue weighted by Gasteiger charge is 2.13. The first kappa shape index (κ1) is 20.0. The van der Waals surface area contributed by atoms with Crippen molar-refractivity contribution in [1.82, 2.24) is 24.3 Å². The Balaban J connectivity index is 1.31. The van der Waals surface area contributed by atoms with E-state index in [9.17, 15) is 8.42 Å². The number of sulfonamides is 1. The van der Waals surface area contributed by atoms with Crippen LogP contribution in [0.1, 0.15) is 17.5 Å². The van der Waals surface area contributed by atoms with Crippen LogP contribution >= 0.6 is 0 Å². The van der Waals surface area contributed by atoms with E-state index in [0.29, 0.717) is 36.7 Å². The minimum atomic E-state index is -3.59. The quantitative estimate of drug-likeness (QED) is 0.437. The number of ether oxygens (including phenoxy) is 1. The number of aryl methyl sites for hydroxylation is 2. The molecule has 8 nitrogen and oxygen atoms in total. The summed E-state index contributed by atoms with van der Waals surface area (Å²) in [6.07, 6.45) is 6.32. The van der Waals surface area contributed by atoms with Crippen LogP contribution in [0.3, 0.4) is 0 Å². The molecule has 0 spiro atoms. The second kappa shape index (κ2) is 8.60. The molecule has 0 bridgehead atoms. The lowest BCUT2D eigenvalue weighted by atomic mass is 10.2. The molecule has 2 aromatic heterocycles. The van der Waals surface area contributed by atoms with E-state index >= 15 is 0 Å². The molecule has 154 valence electrons. The fraction of sp³-hybridized carbons (Fsp3) is 0.190. The lowest BCUT2D eigenvalue weighted by molar-refractivity contribution is 0.481. The minimum Gasteiger partial charge on any atom is -0.457 e. The smallest absolute Gasteiger partial charge is 0.252 e. The van der Waals surface area contributed by atoms with Crippen LogP contribution in [0.15, 0.2) is 72.1 Å². The first-order valence-corrected chi connectivity index (χ1v) is 11.0. The van der Waals surface area contributed by atoms with Crippen molar-refractivity contribution in [3.63, 3.8) is 0 Å². The predicted octanol–water partition coefficient (Wildman–Crippen LogP) is 3.14. The van der Waals surface area contributed by atoms with E-state index in [4.69, 9.17) is 4.74 Å². The van der Waals surface area contributed by atoms with Gasteiger partial charge in [0, 0.05) is 18.9 Å². The first-order valence-electron chi connectivity index (χ1n) is 9.48. The molecule has 2 heterocycles. The zero-order valence-electron chi connectivity index (χ0n) is 16.4. The maximum atomic E-state index is 12.5. The Morgan fingerprint density at radius 3 is 2.70 bits per heavy atom. The van der Waals surface area contributed by atoms with Crippen molar-refractivity contribution in [2.45, 2.75) is 24.7 Å². The second-order valence-electron chi connectivity index (χ2n) is 6.86. The number of hydrogen-bond donors (Lipinski definition) is 1. The third kappa shape index (κ3) is 4.81. The highest BCUT2D eigenvalue weighted by Crippen LogP contribution is 2.23. The van der Waals surface area contributed by atoms with Crippen LogP contribution in [0.2, 0.25) is 0 Å². The molecule has 0 saturated carbocycles. The number of hydrogen-bond acceptors (Lipinski definition) is 6. The van der Waals surface area contributed by atoms with Crippen molar-refractivity contribution in [3.05, 3.63) is 78.4 Å². The molecule has 0 saturated heterocycles. The van der Waals surface area contributed by atoms with Gasteiger partial charge in [-0.3, -0.25) is 0 Å². The van der Waals surface area contributed by atoms with Gasteiger partial charge >= 0.3 is 0 Å². The molecule has 0 aliphatic rings. The van der Waals surface area contributed by atoms with Gasteiger partial charge in [-0.05, 0) is 67.3 Å². The summed E-state index contributed by atoms with van der Waals surface area (Å²) in [5.74, 6) is 1.83. The van der Waals surface area contributed by atoms with Gasteiger partial charge in [-0.25, -0.2) is 22.6 Å². The average molecular weight is 423 g/mol. The third-order valence-electron chi connectivity index (χ3n) is 4.48. The Labute approximate surface area is 174 Å². The monoisotopic (exact) mass is 423 g/mol. The van der Waals surface area contributed by atoms with Crippen molar-refractivity contribution in [3.8, 4) is 11.5 Å². The van der Waals surface area contributed by atoms with Gasteiger partial charge in [0.25, 0.3) is 5.78 Å². The van der Waals surface area contributed by atoms with Gasteiger partial charge in [-0.2, -0.15) is 10.1 Å². The van der Waals surface area contributed by atoms with Crippen molar-refractivity contribution in [2.75, 3.05) is 6.54 Å². The van der Waals surface area contributed by atoms with Gasteiger partial charge in [0.15, 0.2) is 0 Å². The van der Waals surface area contributed by atoms with Gasteiger partial charge in [-0.15, -0.1) is 0 Å². The highest BCUT2D eigenvalue weighted by atomic mass is 32.2. The summed E-state index contributed by atoms with van der Waals surface area (Å²) in [5, 5.41) is 4.05. The number of fused-ring (bicyclic) bond motifs is 1. The maximum Gasteiger partial charge on any atom is 0.252 e. The molecule has 9 heteroatoms. The number of benzene rings is 2. The number of rotatable bonds is 8. The second-order valence-corrected chi connectivity index (χ2v) is 8.63. The van der Waals surface area contributed by atoms with Crippen LogP contribution in [-0.2, 0) is 16.4 Å². The third-order valence-corrected chi connectivity index (χ3v) is 5.96. The zero-order valence-corrected chi connectivity index (χ0v) is 17.2. The molecular formula is C21H21N5O3S. The summed E-state index contributed by atoms with van der Waals surface area (Å²) < 4.78 is 35.0. The first-order chi connectivity index (χ1) is 14.5. The van der Waals surface area contributed by atoms with E-state index in [1.54, 1.807) is 22.8 Å². The van der Waals surface area contributed by atoms with E-state index < -0.39 is 10.0 Å². The zero-order chi connectivity index (χ0) is 21.0. The summed E-state index contributed by atoms with van der Waals surface area (Å²) in [5.41, 5.74) is 2.05. The SMILES string of the molecule is Cc1cccc(Oc2ccc(S(=O)(=O)NCCCc3cnc4ncnn4c3)cc2)c1. The minimum absolute atomic E-state index is 0.199. The van der Waals surface area contributed by atoms with Crippen molar-refractivity contribution in [2.24, 2.45) is 0 Å². The van der Waals surface area contributed by atoms with E-state index in [0.717, 1.165) is 11.1 Å². The lowest BCUT2D eigenvalue weighted by Crippen LogP contribution is -2.25. The van der Waals surface area contributed by atoms with Crippen LogP contribution < -0.4 is 9.46 Å². The standard InChI is InChI=1S/C21H21N5O3S/c1-16-4-2-6-19(12-16)29-18-7-9-20(10-8-18)30(27,28)25-11-3-5-17-13-22-21-23-15-24-26(21)14-17/h2,4,6-10,12-15,25H,3,5,11H2,1H3. The Hall–Kier alpha value is -3.30. The van der Waals surface area contributed by atoms with Gasteiger partial charge in [0.1, 0.15) is 17.8 Å². The van der Waals surface area contributed by atoms with Crippen molar-refractivity contribution in [1.29, 1.82) is 0 Å². The fourth-order valence-electron chi connectivity index (χ4n) is 2.97. The van der Waals surface area contributed by atoms with E-state index in [1.807, 2.05) is 37.4 Å². The molecule has 0 fully saturated rings. The van der Waals surface area contributed by atoms with E-state index in [2.05, 4.69) is 19.8 Å². The van der Waals surface area contributed by atoms with Crippen LogP contribution in [0, 0.1) is 6.92 Å². The Kier molecular flexibility index (Phi) is 5.73. The summed E-state index contributed by atoms with van der Waals surface area (Å²) >= 11 is 0. The van der Waals surface area contributed by atoms with Crippen LogP contribution in [0.25, 0.3) is 5.78 Å².